The van der Waals surface area contributed by atoms with Crippen LogP contribution in [0.25, 0.3) is 0 Å². The molecule has 0 aliphatic carbocycles. The van der Waals surface area contributed by atoms with Gasteiger partial charge in [0.2, 0.25) is 5.91 Å². The van der Waals surface area contributed by atoms with Crippen molar-refractivity contribution in [2.24, 2.45) is 0 Å². The standard InChI is InChI=1S/C37H61N3O22/c41-16-26(17-42)60-35(20-45)58-23-28(24-59-37(55)38-11-9-33(53)54)62-36(21-46)57-22-27(18-43)61-34(19-44)56-15-14-39(29(48)5-3-6-32(51)52)12-2-1-4-25(47)10-13-40-30(49)7-8-31(40)50/h7-8,26-28,34-36,41-46H,1-6,9-24H2,(H,38,55)(H,51,52)(H,53,54). The van der Waals surface area contributed by atoms with Gasteiger partial charge in [0.15, 0.2) is 18.9 Å². The van der Waals surface area contributed by atoms with E-state index in [2.05, 4.69) is 5.32 Å². The van der Waals surface area contributed by atoms with Crippen molar-refractivity contribution in [3.05, 3.63) is 12.2 Å². The van der Waals surface area contributed by atoms with Gasteiger partial charge in [-0.2, -0.15) is 0 Å². The number of ketones is 1. The fourth-order valence-electron chi connectivity index (χ4n) is 5.22. The number of aliphatic hydroxyl groups excluding tert-OH is 6. The first-order valence-corrected chi connectivity index (χ1v) is 19.8. The van der Waals surface area contributed by atoms with Crippen molar-refractivity contribution < 1.29 is 108 Å². The van der Waals surface area contributed by atoms with Crippen LogP contribution in [0.1, 0.15) is 51.4 Å². The second-order valence-corrected chi connectivity index (χ2v) is 13.4. The third-order valence-corrected chi connectivity index (χ3v) is 8.48. The van der Waals surface area contributed by atoms with Gasteiger partial charge in [0, 0.05) is 64.0 Å². The van der Waals surface area contributed by atoms with E-state index in [1.807, 2.05) is 0 Å². The summed E-state index contributed by atoms with van der Waals surface area (Å²) in [5, 5.41) is 77.9. The Kier molecular flexibility index (Phi) is 30.0. The fraction of sp³-hybridized carbons (Fsp3) is 0.757. The monoisotopic (exact) mass is 899 g/mol. The van der Waals surface area contributed by atoms with Crippen molar-refractivity contribution in [3.63, 3.8) is 0 Å². The summed E-state index contributed by atoms with van der Waals surface area (Å²) in [7, 11) is 0. The van der Waals surface area contributed by atoms with Gasteiger partial charge in [0.25, 0.3) is 11.8 Å². The zero-order valence-corrected chi connectivity index (χ0v) is 34.4. The van der Waals surface area contributed by atoms with E-state index in [1.165, 1.54) is 4.90 Å². The van der Waals surface area contributed by atoms with E-state index < -0.39 is 133 Å². The van der Waals surface area contributed by atoms with Gasteiger partial charge >= 0.3 is 18.0 Å². The number of unbranched alkanes of at least 4 members (excludes halogenated alkanes) is 1. The lowest BCUT2D eigenvalue weighted by atomic mass is 10.1. The number of nitrogens with zero attached hydrogens (tertiary/aromatic N) is 2. The Hall–Kier alpha value is -4.25. The molecule has 1 aliphatic rings. The predicted octanol–water partition coefficient (Wildman–Crippen LogP) is -3.54. The van der Waals surface area contributed by atoms with Crippen LogP contribution in [0.5, 0.6) is 0 Å². The highest BCUT2D eigenvalue weighted by Crippen LogP contribution is 2.12. The van der Waals surface area contributed by atoms with Crippen molar-refractivity contribution in [1.82, 2.24) is 15.1 Å². The SMILES string of the molecule is O=C(O)CCCC(=O)N(CCCCC(=O)CCN1C(=O)C=CC1=O)CCOC(CO)OC(CO)COC(CO)OC(COC(=O)NCCC(=O)O)COC(CO)OC(CO)CO. The molecule has 0 saturated heterocycles. The van der Waals surface area contributed by atoms with Crippen LogP contribution < -0.4 is 5.32 Å². The van der Waals surface area contributed by atoms with E-state index in [4.69, 9.17) is 43.4 Å². The summed E-state index contributed by atoms with van der Waals surface area (Å²) in [6.45, 7) is -6.05. The number of aliphatic carboxylic acids is 2. The highest BCUT2D eigenvalue weighted by Gasteiger charge is 2.26. The van der Waals surface area contributed by atoms with Crippen LogP contribution in [-0.4, -0.2) is 222 Å². The summed E-state index contributed by atoms with van der Waals surface area (Å²) >= 11 is 0. The Bertz CT molecular complexity index is 1360. The van der Waals surface area contributed by atoms with E-state index in [-0.39, 0.29) is 76.6 Å². The quantitative estimate of drug-likeness (QED) is 0.0164. The van der Waals surface area contributed by atoms with Crippen molar-refractivity contribution >= 4 is 41.5 Å². The van der Waals surface area contributed by atoms with Gasteiger partial charge in [-0.15, -0.1) is 0 Å². The number of carbonyl (C=O) groups excluding carboxylic acids is 5. The van der Waals surface area contributed by atoms with Gasteiger partial charge in [0.05, 0.1) is 65.9 Å². The lowest BCUT2D eigenvalue weighted by molar-refractivity contribution is -0.254. The maximum Gasteiger partial charge on any atom is 0.407 e. The molecule has 0 spiro atoms. The number of ether oxygens (including phenoxy) is 7. The van der Waals surface area contributed by atoms with E-state index >= 15 is 0 Å². The van der Waals surface area contributed by atoms with E-state index in [0.29, 0.717) is 12.8 Å². The first-order chi connectivity index (χ1) is 29.7. The van der Waals surface area contributed by atoms with Gasteiger partial charge in [-0.05, 0) is 19.3 Å². The summed E-state index contributed by atoms with van der Waals surface area (Å²) in [6.07, 6.45) is -6.35. The first kappa shape index (κ1) is 55.8. The Balaban J connectivity index is 2.78. The molecule has 5 atom stereocenters. The molecule has 356 valence electrons. The van der Waals surface area contributed by atoms with Crippen LogP contribution in [-0.2, 0) is 61.9 Å². The molecule has 25 nitrogen and oxygen atoms in total. The van der Waals surface area contributed by atoms with Crippen LogP contribution >= 0.6 is 0 Å². The zero-order chi connectivity index (χ0) is 46.3. The third-order valence-electron chi connectivity index (χ3n) is 8.48. The Morgan fingerprint density at radius 1 is 0.597 bits per heavy atom. The minimum absolute atomic E-state index is 0.0221. The number of nitrogens with one attached hydrogen (secondary N) is 1. The summed E-state index contributed by atoms with van der Waals surface area (Å²) in [6, 6.07) is 0. The predicted molar refractivity (Wildman–Crippen MR) is 205 cm³/mol. The molecule has 0 aromatic heterocycles. The third kappa shape index (κ3) is 25.0. The smallest absolute Gasteiger partial charge is 0.407 e. The van der Waals surface area contributed by atoms with E-state index in [0.717, 1.165) is 17.1 Å². The highest BCUT2D eigenvalue weighted by atomic mass is 16.7. The number of imide groups is 1. The average Bonchev–Trinajstić information content (AvgIpc) is 3.57. The number of carbonyl (C=O) groups is 7. The van der Waals surface area contributed by atoms with E-state index in [1.54, 1.807) is 0 Å². The van der Waals surface area contributed by atoms with Crippen molar-refractivity contribution in [3.8, 4) is 0 Å². The van der Waals surface area contributed by atoms with Crippen LogP contribution in [0.15, 0.2) is 12.2 Å². The number of Topliss-reactive ketones (excluding diaryl/α,β-unsaturated/α-hetero) is 1. The largest absolute Gasteiger partial charge is 0.481 e. The first-order valence-electron chi connectivity index (χ1n) is 19.8. The molecule has 1 rings (SSSR count). The fourth-order valence-corrected chi connectivity index (χ4v) is 5.22. The topological polar surface area (TPSA) is 364 Å². The van der Waals surface area contributed by atoms with Gasteiger partial charge < -0.3 is 84.2 Å². The number of rotatable bonds is 39. The summed E-state index contributed by atoms with van der Waals surface area (Å²) in [5.74, 6) is -3.80. The highest BCUT2D eigenvalue weighted by molar-refractivity contribution is 6.13. The molecule has 1 aliphatic heterocycles. The van der Waals surface area contributed by atoms with Crippen molar-refractivity contribution in [1.29, 1.82) is 0 Å². The lowest BCUT2D eigenvalue weighted by Crippen LogP contribution is -2.41. The Morgan fingerprint density at radius 3 is 1.71 bits per heavy atom. The van der Waals surface area contributed by atoms with Crippen LogP contribution in [0.2, 0.25) is 0 Å². The molecule has 0 radical (unpaired) electrons. The normalized spacial score (nSPS) is 15.0. The van der Waals surface area contributed by atoms with Crippen LogP contribution in [0.3, 0.4) is 0 Å². The molecular weight excluding hydrogens is 838 g/mol. The molecule has 0 aromatic rings. The molecule has 1 heterocycles. The number of amides is 4. The second kappa shape index (κ2) is 33.3. The Labute approximate surface area is 357 Å². The van der Waals surface area contributed by atoms with Crippen molar-refractivity contribution in [2.75, 3.05) is 92.2 Å². The molecule has 5 unspecified atom stereocenters. The second-order valence-electron chi connectivity index (χ2n) is 13.4. The molecule has 0 aromatic carbocycles. The van der Waals surface area contributed by atoms with Crippen LogP contribution in [0.4, 0.5) is 4.79 Å². The average molecular weight is 900 g/mol. The minimum atomic E-state index is -1.49. The molecule has 4 amide bonds. The minimum Gasteiger partial charge on any atom is -0.481 e. The summed E-state index contributed by atoms with van der Waals surface area (Å²) < 4.78 is 38.1. The number of hydrogen-bond donors (Lipinski definition) is 9. The van der Waals surface area contributed by atoms with Gasteiger partial charge in [-0.25, -0.2) is 4.79 Å². The number of carboxylic acid groups (broad SMARTS) is 2. The summed E-state index contributed by atoms with van der Waals surface area (Å²) in [5.41, 5.74) is 0. The van der Waals surface area contributed by atoms with Gasteiger partial charge in [-0.1, -0.05) is 0 Å². The molecule has 25 heteroatoms. The summed E-state index contributed by atoms with van der Waals surface area (Å²) in [4.78, 5) is 84.9. The van der Waals surface area contributed by atoms with Crippen molar-refractivity contribution in [2.45, 2.75) is 88.5 Å². The molecule has 9 N–H and O–H groups in total. The number of aliphatic hydroxyl groups is 6. The lowest BCUT2D eigenvalue weighted by Gasteiger charge is -2.28. The van der Waals surface area contributed by atoms with Gasteiger partial charge in [0.1, 0.15) is 30.7 Å². The number of hydrogen-bond acceptors (Lipinski definition) is 20. The van der Waals surface area contributed by atoms with Gasteiger partial charge in [-0.3, -0.25) is 33.7 Å². The maximum absolute atomic E-state index is 13.0. The molecular formula is C37H61N3O22. The zero-order valence-electron chi connectivity index (χ0n) is 34.4. The Morgan fingerprint density at radius 2 is 1.15 bits per heavy atom. The van der Waals surface area contributed by atoms with E-state index in [9.17, 15) is 64.2 Å². The van der Waals surface area contributed by atoms with Crippen LogP contribution in [0, 0.1) is 0 Å². The molecule has 0 fully saturated rings. The number of carboxylic acids is 2. The maximum atomic E-state index is 13.0. The molecule has 62 heavy (non-hydrogen) atoms. The molecule has 0 bridgehead atoms. The number of alkyl carbamates (subject to hydrolysis) is 1. The molecule has 0 saturated carbocycles.